The molecule has 5 heteroatoms. The van der Waals surface area contributed by atoms with Crippen LogP contribution in [0.5, 0.6) is 0 Å². The van der Waals surface area contributed by atoms with E-state index in [-0.39, 0.29) is 6.10 Å². The summed E-state index contributed by atoms with van der Waals surface area (Å²) in [7, 11) is 3.98. The number of aliphatic imine (C=N–C) groups is 1. The summed E-state index contributed by atoms with van der Waals surface area (Å²) in [6.45, 7) is 14.2. The Labute approximate surface area is 166 Å². The maximum atomic E-state index is 5.82. The molecule has 5 nitrogen and oxygen atoms in total. The van der Waals surface area contributed by atoms with Crippen LogP contribution in [0.2, 0.25) is 0 Å². The van der Waals surface area contributed by atoms with Crippen molar-refractivity contribution in [1.29, 1.82) is 0 Å². The Balaban J connectivity index is 2.55. The first kappa shape index (κ1) is 23.4. The highest BCUT2D eigenvalue weighted by Crippen LogP contribution is 2.13. The third kappa shape index (κ3) is 8.76. The molecule has 1 aromatic rings. The van der Waals surface area contributed by atoms with E-state index in [9.17, 15) is 0 Å². The van der Waals surface area contributed by atoms with E-state index < -0.39 is 0 Å². The Morgan fingerprint density at radius 3 is 2.33 bits per heavy atom. The normalized spacial score (nSPS) is 13.5. The summed E-state index contributed by atoms with van der Waals surface area (Å²) in [5, 5.41) is 6.85. The van der Waals surface area contributed by atoms with E-state index in [1.807, 2.05) is 7.05 Å². The standard InChI is InChI=1S/C22H40N4O/c1-8-27-21(17(2)3)13-14-24-22(23-6)25-15-19-11-9-10-12-20(19)16-26(7)18(4)5/h9-12,17-18,21H,8,13-16H2,1-7H3,(H2,23,24,25). The largest absolute Gasteiger partial charge is 0.378 e. The Morgan fingerprint density at radius 2 is 1.78 bits per heavy atom. The van der Waals surface area contributed by atoms with Gasteiger partial charge < -0.3 is 15.4 Å². The van der Waals surface area contributed by atoms with Crippen LogP contribution in [-0.2, 0) is 17.8 Å². The van der Waals surface area contributed by atoms with E-state index in [2.05, 4.69) is 86.5 Å². The van der Waals surface area contributed by atoms with E-state index >= 15 is 0 Å². The van der Waals surface area contributed by atoms with Crippen molar-refractivity contribution in [3.63, 3.8) is 0 Å². The molecule has 0 heterocycles. The number of nitrogens with zero attached hydrogens (tertiary/aromatic N) is 2. The third-order valence-electron chi connectivity index (χ3n) is 4.94. The maximum Gasteiger partial charge on any atom is 0.191 e. The summed E-state index contributed by atoms with van der Waals surface area (Å²) in [6, 6.07) is 9.13. The van der Waals surface area contributed by atoms with Crippen LogP contribution < -0.4 is 10.6 Å². The summed E-state index contributed by atoms with van der Waals surface area (Å²) >= 11 is 0. The molecule has 1 rings (SSSR count). The van der Waals surface area contributed by atoms with Gasteiger partial charge in [-0.15, -0.1) is 0 Å². The number of guanidine groups is 1. The number of benzene rings is 1. The molecule has 2 N–H and O–H groups in total. The van der Waals surface area contributed by atoms with Gasteiger partial charge in [0.2, 0.25) is 0 Å². The lowest BCUT2D eigenvalue weighted by atomic mass is 10.0. The Morgan fingerprint density at radius 1 is 1.11 bits per heavy atom. The summed E-state index contributed by atoms with van der Waals surface area (Å²) in [5.74, 6) is 1.35. The van der Waals surface area contributed by atoms with Gasteiger partial charge in [0.05, 0.1) is 6.10 Å². The highest BCUT2D eigenvalue weighted by atomic mass is 16.5. The predicted molar refractivity (Wildman–Crippen MR) is 116 cm³/mol. The molecular weight excluding hydrogens is 336 g/mol. The van der Waals surface area contributed by atoms with Gasteiger partial charge in [-0.05, 0) is 51.3 Å². The average molecular weight is 377 g/mol. The zero-order valence-corrected chi connectivity index (χ0v) is 18.4. The summed E-state index contributed by atoms with van der Waals surface area (Å²) in [6.07, 6.45) is 1.26. The van der Waals surface area contributed by atoms with Crippen molar-refractivity contribution in [3.8, 4) is 0 Å². The molecule has 1 aromatic carbocycles. The minimum Gasteiger partial charge on any atom is -0.378 e. The smallest absolute Gasteiger partial charge is 0.191 e. The number of hydrogen-bond acceptors (Lipinski definition) is 3. The van der Waals surface area contributed by atoms with Crippen molar-refractivity contribution in [2.24, 2.45) is 10.9 Å². The fourth-order valence-electron chi connectivity index (χ4n) is 2.89. The van der Waals surface area contributed by atoms with Crippen molar-refractivity contribution in [2.45, 2.75) is 66.3 Å². The number of hydrogen-bond donors (Lipinski definition) is 2. The highest BCUT2D eigenvalue weighted by molar-refractivity contribution is 5.79. The fourth-order valence-corrected chi connectivity index (χ4v) is 2.89. The molecule has 154 valence electrons. The SMILES string of the molecule is CCOC(CCNC(=NC)NCc1ccccc1CN(C)C(C)C)C(C)C. The Bertz CT molecular complexity index is 557. The Kier molecular flexibility index (Phi) is 11.1. The number of rotatable bonds is 11. The summed E-state index contributed by atoms with van der Waals surface area (Å²) in [5.41, 5.74) is 2.66. The lowest BCUT2D eigenvalue weighted by Gasteiger charge is -2.23. The van der Waals surface area contributed by atoms with Gasteiger partial charge in [-0.2, -0.15) is 0 Å². The zero-order valence-electron chi connectivity index (χ0n) is 18.4. The van der Waals surface area contributed by atoms with Crippen molar-refractivity contribution >= 4 is 5.96 Å². The van der Waals surface area contributed by atoms with Gasteiger partial charge in [0.15, 0.2) is 5.96 Å². The van der Waals surface area contributed by atoms with Crippen LogP contribution in [0.4, 0.5) is 0 Å². The second-order valence-corrected chi connectivity index (χ2v) is 7.66. The molecule has 0 aliphatic heterocycles. The van der Waals surface area contributed by atoms with E-state index in [0.29, 0.717) is 12.0 Å². The van der Waals surface area contributed by atoms with Crippen molar-refractivity contribution in [1.82, 2.24) is 15.5 Å². The molecule has 0 aromatic heterocycles. The zero-order chi connectivity index (χ0) is 20.2. The van der Waals surface area contributed by atoms with E-state index in [1.54, 1.807) is 0 Å². The van der Waals surface area contributed by atoms with Crippen LogP contribution >= 0.6 is 0 Å². The van der Waals surface area contributed by atoms with Gasteiger partial charge in [0, 0.05) is 39.3 Å². The first-order valence-corrected chi connectivity index (χ1v) is 10.2. The van der Waals surface area contributed by atoms with Gasteiger partial charge in [-0.25, -0.2) is 0 Å². The van der Waals surface area contributed by atoms with E-state index in [1.165, 1.54) is 11.1 Å². The second-order valence-electron chi connectivity index (χ2n) is 7.66. The van der Waals surface area contributed by atoms with Crippen LogP contribution in [0, 0.1) is 5.92 Å². The van der Waals surface area contributed by atoms with E-state index in [4.69, 9.17) is 4.74 Å². The highest BCUT2D eigenvalue weighted by Gasteiger charge is 2.13. The third-order valence-corrected chi connectivity index (χ3v) is 4.94. The van der Waals surface area contributed by atoms with Crippen LogP contribution in [0.1, 0.15) is 52.2 Å². The molecule has 0 aliphatic rings. The monoisotopic (exact) mass is 376 g/mol. The second kappa shape index (κ2) is 12.7. The predicted octanol–water partition coefficient (Wildman–Crippen LogP) is 3.64. The van der Waals surface area contributed by atoms with Gasteiger partial charge in [-0.3, -0.25) is 9.89 Å². The molecule has 1 unspecified atom stereocenters. The molecule has 0 radical (unpaired) electrons. The van der Waals surface area contributed by atoms with Gasteiger partial charge >= 0.3 is 0 Å². The summed E-state index contributed by atoms with van der Waals surface area (Å²) in [4.78, 5) is 6.71. The van der Waals surface area contributed by atoms with Crippen molar-refractivity contribution < 1.29 is 4.74 Å². The molecule has 0 bridgehead atoms. The lowest BCUT2D eigenvalue weighted by molar-refractivity contribution is 0.0258. The van der Waals surface area contributed by atoms with Crippen LogP contribution in [0.15, 0.2) is 29.3 Å². The van der Waals surface area contributed by atoms with Crippen molar-refractivity contribution in [3.05, 3.63) is 35.4 Å². The molecule has 0 saturated heterocycles. The quantitative estimate of drug-likeness (QED) is 0.457. The fraction of sp³-hybridized carbons (Fsp3) is 0.682. The molecular formula is C22H40N4O. The van der Waals surface area contributed by atoms with Crippen LogP contribution in [-0.4, -0.2) is 50.3 Å². The van der Waals surface area contributed by atoms with Crippen LogP contribution in [0.25, 0.3) is 0 Å². The molecule has 27 heavy (non-hydrogen) atoms. The van der Waals surface area contributed by atoms with Gasteiger partial charge in [0.1, 0.15) is 0 Å². The Hall–Kier alpha value is -1.59. The summed E-state index contributed by atoms with van der Waals surface area (Å²) < 4.78 is 5.82. The molecule has 1 atom stereocenters. The van der Waals surface area contributed by atoms with Crippen molar-refractivity contribution in [2.75, 3.05) is 27.2 Å². The number of ether oxygens (including phenoxy) is 1. The first-order valence-electron chi connectivity index (χ1n) is 10.2. The first-order chi connectivity index (χ1) is 12.9. The number of nitrogens with one attached hydrogen (secondary N) is 2. The average Bonchev–Trinajstić information content (AvgIpc) is 2.64. The van der Waals surface area contributed by atoms with E-state index in [0.717, 1.165) is 38.6 Å². The minimum absolute atomic E-state index is 0.285. The topological polar surface area (TPSA) is 48.9 Å². The molecule has 0 spiro atoms. The molecule has 0 saturated carbocycles. The minimum atomic E-state index is 0.285. The molecule has 0 fully saturated rings. The van der Waals surface area contributed by atoms with Gasteiger partial charge in [-0.1, -0.05) is 38.1 Å². The lowest BCUT2D eigenvalue weighted by Crippen LogP contribution is -2.39. The van der Waals surface area contributed by atoms with Gasteiger partial charge in [0.25, 0.3) is 0 Å². The van der Waals surface area contributed by atoms with Crippen LogP contribution in [0.3, 0.4) is 0 Å². The maximum absolute atomic E-state index is 5.82. The molecule has 0 amide bonds. The molecule has 0 aliphatic carbocycles.